The zero-order valence-electron chi connectivity index (χ0n) is 10.4. The molecule has 1 saturated heterocycles. The van der Waals surface area contributed by atoms with Crippen molar-refractivity contribution < 1.29 is 14.6 Å². The molecule has 1 heterocycles. The molecule has 1 aliphatic heterocycles. The third-order valence-electron chi connectivity index (χ3n) is 2.49. The molecule has 0 saturated carbocycles. The van der Waals surface area contributed by atoms with Crippen molar-refractivity contribution in [1.29, 1.82) is 0 Å². The third-order valence-corrected chi connectivity index (χ3v) is 2.49. The summed E-state index contributed by atoms with van der Waals surface area (Å²) >= 11 is 0. The van der Waals surface area contributed by atoms with E-state index in [4.69, 9.17) is 14.6 Å². The largest absolute Gasteiger partial charge is 0.394 e. The van der Waals surface area contributed by atoms with Gasteiger partial charge in [0.2, 0.25) is 0 Å². The van der Waals surface area contributed by atoms with Crippen LogP contribution in [0.4, 0.5) is 0 Å². The summed E-state index contributed by atoms with van der Waals surface area (Å²) in [6, 6.07) is 0. The van der Waals surface area contributed by atoms with Crippen molar-refractivity contribution in [2.45, 2.75) is 46.0 Å². The van der Waals surface area contributed by atoms with Crippen LogP contribution in [0.5, 0.6) is 0 Å². The fraction of sp³-hybridized carbons (Fsp3) is 0.692. The first-order valence-electron chi connectivity index (χ1n) is 5.80. The van der Waals surface area contributed by atoms with Crippen LogP contribution in [0.3, 0.4) is 0 Å². The van der Waals surface area contributed by atoms with Gasteiger partial charge in [-0.15, -0.1) is 0 Å². The second-order valence-corrected chi connectivity index (χ2v) is 4.48. The lowest BCUT2D eigenvalue weighted by molar-refractivity contribution is -0.0304. The molecule has 0 aromatic carbocycles. The molecule has 3 nitrogen and oxygen atoms in total. The van der Waals surface area contributed by atoms with Crippen LogP contribution < -0.4 is 0 Å². The molecule has 0 aromatic rings. The van der Waals surface area contributed by atoms with Gasteiger partial charge in [0.25, 0.3) is 0 Å². The predicted octanol–water partition coefficient (Wildman–Crippen LogP) is 2.41. The SMILES string of the molecule is CC(C)=CCCC(C)=CC1OCC(CO)O1. The zero-order chi connectivity index (χ0) is 12.0. The van der Waals surface area contributed by atoms with E-state index in [1.165, 1.54) is 11.1 Å². The van der Waals surface area contributed by atoms with Gasteiger partial charge in [0, 0.05) is 0 Å². The number of hydrogen-bond donors (Lipinski definition) is 1. The van der Waals surface area contributed by atoms with Crippen LogP contribution in [0.15, 0.2) is 23.3 Å². The summed E-state index contributed by atoms with van der Waals surface area (Å²) in [6.45, 7) is 6.81. The van der Waals surface area contributed by atoms with E-state index in [0.29, 0.717) is 6.61 Å². The van der Waals surface area contributed by atoms with Gasteiger partial charge in [0.15, 0.2) is 6.29 Å². The predicted molar refractivity (Wildman–Crippen MR) is 64.1 cm³/mol. The lowest BCUT2D eigenvalue weighted by atomic mass is 10.1. The van der Waals surface area contributed by atoms with Crippen LogP contribution in [0.25, 0.3) is 0 Å². The highest BCUT2D eigenvalue weighted by Gasteiger charge is 2.23. The molecule has 1 fully saturated rings. The molecule has 1 N–H and O–H groups in total. The third kappa shape index (κ3) is 4.92. The topological polar surface area (TPSA) is 38.7 Å². The summed E-state index contributed by atoms with van der Waals surface area (Å²) in [5, 5.41) is 8.89. The monoisotopic (exact) mass is 226 g/mol. The Morgan fingerprint density at radius 3 is 2.69 bits per heavy atom. The minimum Gasteiger partial charge on any atom is -0.394 e. The van der Waals surface area contributed by atoms with Crippen LogP contribution in [-0.2, 0) is 9.47 Å². The summed E-state index contributed by atoms with van der Waals surface area (Å²) in [5.41, 5.74) is 2.61. The molecule has 92 valence electrons. The van der Waals surface area contributed by atoms with Crippen molar-refractivity contribution in [2.24, 2.45) is 0 Å². The van der Waals surface area contributed by atoms with Crippen LogP contribution in [0.1, 0.15) is 33.6 Å². The first-order chi connectivity index (χ1) is 7.61. The maximum atomic E-state index is 8.89. The highest BCUT2D eigenvalue weighted by atomic mass is 16.7. The van der Waals surface area contributed by atoms with Crippen LogP contribution >= 0.6 is 0 Å². The normalized spacial score (nSPS) is 25.9. The van der Waals surface area contributed by atoms with Crippen LogP contribution in [0.2, 0.25) is 0 Å². The minimum atomic E-state index is -0.274. The van der Waals surface area contributed by atoms with Crippen molar-refractivity contribution in [3.05, 3.63) is 23.3 Å². The van der Waals surface area contributed by atoms with Crippen LogP contribution in [-0.4, -0.2) is 30.7 Å². The molecule has 16 heavy (non-hydrogen) atoms. The van der Waals surface area contributed by atoms with E-state index in [0.717, 1.165) is 12.8 Å². The average molecular weight is 226 g/mol. The Kier molecular flexibility index (Phi) is 5.74. The van der Waals surface area contributed by atoms with E-state index in [1.54, 1.807) is 0 Å². The second-order valence-electron chi connectivity index (χ2n) is 4.48. The Balaban J connectivity index is 2.30. The Morgan fingerprint density at radius 2 is 2.12 bits per heavy atom. The molecular weight excluding hydrogens is 204 g/mol. The fourth-order valence-corrected chi connectivity index (χ4v) is 1.56. The first kappa shape index (κ1) is 13.4. The molecule has 0 amide bonds. The average Bonchev–Trinajstić information content (AvgIpc) is 2.65. The molecule has 1 rings (SSSR count). The smallest absolute Gasteiger partial charge is 0.177 e. The lowest BCUT2D eigenvalue weighted by Crippen LogP contribution is -2.15. The number of allylic oxidation sites excluding steroid dienone is 3. The van der Waals surface area contributed by atoms with Gasteiger partial charge < -0.3 is 14.6 Å². The van der Waals surface area contributed by atoms with E-state index in [-0.39, 0.29) is 19.0 Å². The molecule has 0 aliphatic carbocycles. The van der Waals surface area contributed by atoms with Crippen molar-refractivity contribution in [3.63, 3.8) is 0 Å². The van der Waals surface area contributed by atoms with E-state index < -0.39 is 0 Å². The highest BCUT2D eigenvalue weighted by molar-refractivity contribution is 5.04. The molecule has 0 spiro atoms. The van der Waals surface area contributed by atoms with Crippen molar-refractivity contribution in [3.8, 4) is 0 Å². The minimum absolute atomic E-state index is 0.0289. The molecule has 0 aromatic heterocycles. The van der Waals surface area contributed by atoms with E-state index in [2.05, 4.69) is 26.8 Å². The number of rotatable bonds is 5. The van der Waals surface area contributed by atoms with Crippen molar-refractivity contribution in [1.82, 2.24) is 0 Å². The Hall–Kier alpha value is -0.640. The Labute approximate surface area is 97.8 Å². The molecule has 2 atom stereocenters. The van der Waals surface area contributed by atoms with Gasteiger partial charge >= 0.3 is 0 Å². The quantitative estimate of drug-likeness (QED) is 0.732. The lowest BCUT2D eigenvalue weighted by Gasteiger charge is -2.07. The summed E-state index contributed by atoms with van der Waals surface area (Å²) < 4.78 is 10.8. The number of ether oxygens (including phenoxy) is 2. The Bertz CT molecular complexity index is 264. The summed E-state index contributed by atoms with van der Waals surface area (Å²) in [5.74, 6) is 0. The van der Waals surface area contributed by atoms with Crippen molar-refractivity contribution in [2.75, 3.05) is 13.2 Å². The Morgan fingerprint density at radius 1 is 1.38 bits per heavy atom. The maximum Gasteiger partial charge on any atom is 0.177 e. The summed E-state index contributed by atoms with van der Waals surface area (Å²) in [4.78, 5) is 0. The molecule has 0 bridgehead atoms. The van der Waals surface area contributed by atoms with Crippen molar-refractivity contribution >= 4 is 0 Å². The van der Waals surface area contributed by atoms with E-state index >= 15 is 0 Å². The van der Waals surface area contributed by atoms with E-state index in [1.807, 2.05) is 6.08 Å². The molecule has 0 radical (unpaired) electrons. The van der Waals surface area contributed by atoms with Gasteiger partial charge in [-0.25, -0.2) is 0 Å². The van der Waals surface area contributed by atoms with Gasteiger partial charge in [0.1, 0.15) is 6.10 Å². The zero-order valence-corrected chi connectivity index (χ0v) is 10.4. The number of aliphatic hydroxyl groups is 1. The maximum absolute atomic E-state index is 8.89. The molecule has 2 unspecified atom stereocenters. The summed E-state index contributed by atoms with van der Waals surface area (Å²) in [7, 11) is 0. The second kappa shape index (κ2) is 6.84. The number of aliphatic hydroxyl groups excluding tert-OH is 1. The van der Waals surface area contributed by atoms with Gasteiger partial charge in [-0.1, -0.05) is 17.2 Å². The molecular formula is C13H22O3. The number of hydrogen-bond acceptors (Lipinski definition) is 3. The standard InChI is InChI=1S/C13H22O3/c1-10(2)5-4-6-11(3)7-13-15-9-12(8-14)16-13/h5,7,12-14H,4,6,8-9H2,1-3H3. The summed E-state index contributed by atoms with van der Waals surface area (Å²) in [6.07, 6.45) is 5.87. The molecule has 1 aliphatic rings. The van der Waals surface area contributed by atoms with Gasteiger partial charge in [-0.3, -0.25) is 0 Å². The first-order valence-corrected chi connectivity index (χ1v) is 5.80. The van der Waals surface area contributed by atoms with Gasteiger partial charge in [-0.2, -0.15) is 0 Å². The highest BCUT2D eigenvalue weighted by Crippen LogP contribution is 2.16. The van der Waals surface area contributed by atoms with Gasteiger partial charge in [0.05, 0.1) is 13.2 Å². The molecule has 3 heteroatoms. The van der Waals surface area contributed by atoms with E-state index in [9.17, 15) is 0 Å². The fourth-order valence-electron chi connectivity index (χ4n) is 1.56. The van der Waals surface area contributed by atoms with Crippen LogP contribution in [0, 0.1) is 0 Å². The van der Waals surface area contributed by atoms with Gasteiger partial charge in [-0.05, 0) is 39.7 Å².